The summed E-state index contributed by atoms with van der Waals surface area (Å²) in [6.45, 7) is 0. The summed E-state index contributed by atoms with van der Waals surface area (Å²) in [4.78, 5) is 10.2. The van der Waals surface area contributed by atoms with Gasteiger partial charge in [0.15, 0.2) is 0 Å². The zero-order valence-corrected chi connectivity index (χ0v) is 16.4. The van der Waals surface area contributed by atoms with Gasteiger partial charge >= 0.3 is 0 Å². The van der Waals surface area contributed by atoms with Crippen LogP contribution < -0.4 is 4.72 Å². The number of rotatable bonds is 6. The molecule has 0 unspecified atom stereocenters. The maximum absolute atomic E-state index is 12.8. The standard InChI is InChI=1S/C19H15BrN2O4S/c20-16-8-6-15(7-9-16)19(14-4-2-1-3-5-14)21-27(25,26)18-12-10-17(11-13-18)22(23)24/h1-13,19,21H/t19-/m0/s1. The monoisotopic (exact) mass is 446 g/mol. The molecule has 0 aromatic heterocycles. The van der Waals surface area contributed by atoms with E-state index in [0.717, 1.165) is 15.6 Å². The number of nitrogens with one attached hydrogen (secondary N) is 1. The van der Waals surface area contributed by atoms with E-state index in [0.29, 0.717) is 0 Å². The fraction of sp³-hybridized carbons (Fsp3) is 0.0526. The maximum Gasteiger partial charge on any atom is 0.269 e. The van der Waals surface area contributed by atoms with Crippen molar-refractivity contribution in [2.75, 3.05) is 0 Å². The summed E-state index contributed by atoms with van der Waals surface area (Å²) in [7, 11) is -3.89. The van der Waals surface area contributed by atoms with Crippen molar-refractivity contribution in [1.29, 1.82) is 0 Å². The van der Waals surface area contributed by atoms with E-state index in [1.54, 1.807) is 0 Å². The van der Waals surface area contributed by atoms with E-state index < -0.39 is 21.0 Å². The molecule has 0 aliphatic carbocycles. The number of nitrogens with zero attached hydrogens (tertiary/aromatic N) is 1. The van der Waals surface area contributed by atoms with Crippen molar-refractivity contribution < 1.29 is 13.3 Å². The molecule has 1 N–H and O–H groups in total. The third-order valence-electron chi connectivity index (χ3n) is 3.97. The lowest BCUT2D eigenvalue weighted by molar-refractivity contribution is -0.384. The van der Waals surface area contributed by atoms with Crippen molar-refractivity contribution in [3.63, 3.8) is 0 Å². The van der Waals surface area contributed by atoms with Crippen LogP contribution >= 0.6 is 15.9 Å². The highest BCUT2D eigenvalue weighted by Crippen LogP contribution is 2.26. The van der Waals surface area contributed by atoms with Crippen molar-refractivity contribution in [1.82, 2.24) is 4.72 Å². The van der Waals surface area contributed by atoms with Gasteiger partial charge in [0, 0.05) is 16.6 Å². The molecule has 0 bridgehead atoms. The predicted molar refractivity (Wildman–Crippen MR) is 106 cm³/mol. The Hall–Kier alpha value is -2.55. The van der Waals surface area contributed by atoms with E-state index >= 15 is 0 Å². The Kier molecular flexibility index (Phi) is 5.69. The Bertz CT molecular complexity index is 1040. The highest BCUT2D eigenvalue weighted by Gasteiger charge is 2.23. The maximum atomic E-state index is 12.8. The normalized spacial score (nSPS) is 12.5. The molecule has 0 saturated heterocycles. The molecule has 1 atom stereocenters. The molecule has 0 radical (unpaired) electrons. The van der Waals surface area contributed by atoms with Crippen LogP contribution in [0.3, 0.4) is 0 Å². The van der Waals surface area contributed by atoms with Gasteiger partial charge in [-0.25, -0.2) is 8.42 Å². The van der Waals surface area contributed by atoms with Gasteiger partial charge in [0.1, 0.15) is 0 Å². The van der Waals surface area contributed by atoms with E-state index in [1.807, 2.05) is 54.6 Å². The minimum absolute atomic E-state index is 0.0360. The lowest BCUT2D eigenvalue weighted by Gasteiger charge is -2.20. The van der Waals surface area contributed by atoms with Gasteiger partial charge in [-0.15, -0.1) is 0 Å². The Balaban J connectivity index is 1.98. The Morgan fingerprint density at radius 1 is 0.852 bits per heavy atom. The van der Waals surface area contributed by atoms with E-state index in [-0.39, 0.29) is 10.6 Å². The first-order valence-electron chi connectivity index (χ1n) is 7.94. The van der Waals surface area contributed by atoms with Gasteiger partial charge in [0.2, 0.25) is 10.0 Å². The van der Waals surface area contributed by atoms with Gasteiger partial charge in [-0.1, -0.05) is 58.4 Å². The van der Waals surface area contributed by atoms with Crippen LogP contribution in [0.4, 0.5) is 5.69 Å². The molecule has 0 aliphatic rings. The number of hydrogen-bond acceptors (Lipinski definition) is 4. The molecule has 0 heterocycles. The van der Waals surface area contributed by atoms with Crippen LogP contribution in [0.15, 0.2) is 88.2 Å². The first-order valence-corrected chi connectivity index (χ1v) is 10.2. The summed E-state index contributed by atoms with van der Waals surface area (Å²) in [5.74, 6) is 0. The van der Waals surface area contributed by atoms with Crippen molar-refractivity contribution >= 4 is 31.6 Å². The number of hydrogen-bond donors (Lipinski definition) is 1. The van der Waals surface area contributed by atoms with E-state index in [9.17, 15) is 18.5 Å². The lowest BCUT2D eigenvalue weighted by Crippen LogP contribution is -2.29. The molecule has 0 amide bonds. The van der Waals surface area contributed by atoms with Crippen molar-refractivity contribution in [3.8, 4) is 0 Å². The Labute approximate surface area is 165 Å². The second-order valence-electron chi connectivity index (χ2n) is 5.77. The van der Waals surface area contributed by atoms with Crippen LogP contribution in [-0.2, 0) is 10.0 Å². The van der Waals surface area contributed by atoms with Crippen LogP contribution in [0.2, 0.25) is 0 Å². The Morgan fingerprint density at radius 3 is 1.96 bits per heavy atom. The van der Waals surface area contributed by atoms with Crippen LogP contribution in [0, 0.1) is 10.1 Å². The van der Waals surface area contributed by atoms with Crippen molar-refractivity contribution in [3.05, 3.63) is 105 Å². The number of nitro benzene ring substituents is 1. The highest BCUT2D eigenvalue weighted by atomic mass is 79.9. The number of benzene rings is 3. The van der Waals surface area contributed by atoms with E-state index in [4.69, 9.17) is 0 Å². The fourth-order valence-corrected chi connectivity index (χ4v) is 4.08. The average molecular weight is 447 g/mol. The van der Waals surface area contributed by atoms with Crippen molar-refractivity contribution in [2.45, 2.75) is 10.9 Å². The lowest BCUT2D eigenvalue weighted by atomic mass is 10.00. The summed E-state index contributed by atoms with van der Waals surface area (Å²) >= 11 is 3.37. The fourth-order valence-electron chi connectivity index (χ4n) is 2.60. The molecular formula is C19H15BrN2O4S. The quantitative estimate of drug-likeness (QED) is 0.448. The highest BCUT2D eigenvalue weighted by molar-refractivity contribution is 9.10. The molecule has 3 aromatic carbocycles. The third kappa shape index (κ3) is 4.60. The molecular weight excluding hydrogens is 432 g/mol. The zero-order valence-electron chi connectivity index (χ0n) is 13.9. The summed E-state index contributed by atoms with van der Waals surface area (Å²) in [6.07, 6.45) is 0. The largest absolute Gasteiger partial charge is 0.269 e. The van der Waals surface area contributed by atoms with Gasteiger partial charge < -0.3 is 0 Å². The van der Waals surface area contributed by atoms with Crippen molar-refractivity contribution in [2.24, 2.45) is 0 Å². The summed E-state index contributed by atoms with van der Waals surface area (Å²) < 4.78 is 29.3. The second-order valence-corrected chi connectivity index (χ2v) is 8.40. The molecule has 8 heteroatoms. The second kappa shape index (κ2) is 7.99. The molecule has 0 saturated carbocycles. The number of nitro groups is 1. The number of non-ortho nitro benzene ring substituents is 1. The van der Waals surface area contributed by atoms with Gasteiger partial charge in [0.05, 0.1) is 15.9 Å². The molecule has 0 spiro atoms. The molecule has 0 aliphatic heterocycles. The first kappa shape index (κ1) is 19.2. The molecule has 138 valence electrons. The predicted octanol–water partition coefficient (Wildman–Crippen LogP) is 4.43. The average Bonchev–Trinajstić information content (AvgIpc) is 2.68. The topological polar surface area (TPSA) is 89.3 Å². The van der Waals surface area contributed by atoms with E-state index in [2.05, 4.69) is 20.7 Å². The number of sulfonamides is 1. The van der Waals surface area contributed by atoms with E-state index in [1.165, 1.54) is 24.3 Å². The first-order chi connectivity index (χ1) is 12.9. The minimum atomic E-state index is -3.89. The minimum Gasteiger partial charge on any atom is -0.258 e. The van der Waals surface area contributed by atoms with Gasteiger partial charge in [-0.05, 0) is 35.4 Å². The molecule has 27 heavy (non-hydrogen) atoms. The van der Waals surface area contributed by atoms with Crippen LogP contribution in [0.5, 0.6) is 0 Å². The van der Waals surface area contributed by atoms with Crippen LogP contribution in [0.25, 0.3) is 0 Å². The summed E-state index contributed by atoms with van der Waals surface area (Å²) in [5.41, 5.74) is 1.39. The van der Waals surface area contributed by atoms with Gasteiger partial charge in [-0.2, -0.15) is 4.72 Å². The number of halogens is 1. The van der Waals surface area contributed by atoms with Crippen LogP contribution in [-0.4, -0.2) is 13.3 Å². The Morgan fingerprint density at radius 2 is 1.41 bits per heavy atom. The van der Waals surface area contributed by atoms with Crippen LogP contribution in [0.1, 0.15) is 17.2 Å². The summed E-state index contributed by atoms with van der Waals surface area (Å²) in [6, 6.07) is 20.7. The smallest absolute Gasteiger partial charge is 0.258 e. The third-order valence-corrected chi connectivity index (χ3v) is 5.93. The summed E-state index contributed by atoms with van der Waals surface area (Å²) in [5, 5.41) is 10.8. The SMILES string of the molecule is O=[N+]([O-])c1ccc(S(=O)(=O)N[C@@H](c2ccccc2)c2ccc(Br)cc2)cc1. The molecule has 3 rings (SSSR count). The van der Waals surface area contributed by atoms with Gasteiger partial charge in [0.25, 0.3) is 5.69 Å². The molecule has 0 fully saturated rings. The molecule has 6 nitrogen and oxygen atoms in total. The molecule has 3 aromatic rings. The zero-order chi connectivity index (χ0) is 19.4. The van der Waals surface area contributed by atoms with Gasteiger partial charge in [-0.3, -0.25) is 10.1 Å².